The average molecular weight is 550 g/mol. The summed E-state index contributed by atoms with van der Waals surface area (Å²) >= 11 is 1.38. The lowest BCUT2D eigenvalue weighted by Gasteiger charge is -2.61. The van der Waals surface area contributed by atoms with Gasteiger partial charge in [0, 0.05) is 41.4 Å². The maximum atomic E-state index is 13.5. The number of thioether (sulfide) groups is 1. The third kappa shape index (κ3) is 4.98. The molecule has 0 saturated heterocycles. The van der Waals surface area contributed by atoms with Crippen LogP contribution in [0.4, 0.5) is 0 Å². The summed E-state index contributed by atoms with van der Waals surface area (Å²) in [4.78, 5) is 38.4. The number of carbonyl (C=O) groups is 3. The topological polar surface area (TPSA) is 113 Å². The van der Waals surface area contributed by atoms with Gasteiger partial charge in [-0.25, -0.2) is 0 Å². The van der Waals surface area contributed by atoms with Crippen LogP contribution in [0.3, 0.4) is 0 Å². The van der Waals surface area contributed by atoms with Gasteiger partial charge in [0.25, 0.3) is 0 Å². The Hall–Kier alpha value is -1.38. The van der Waals surface area contributed by atoms with Crippen molar-refractivity contribution in [1.29, 1.82) is 0 Å². The molecule has 4 aliphatic carbocycles. The molecule has 1 amide bonds. The van der Waals surface area contributed by atoms with E-state index in [1.165, 1.54) is 18.7 Å². The molecule has 3 N–H and O–H groups in total. The minimum absolute atomic E-state index is 0.00435. The molecule has 214 valence electrons. The molecule has 0 aliphatic heterocycles. The fourth-order valence-corrected chi connectivity index (χ4v) is 9.72. The van der Waals surface area contributed by atoms with Gasteiger partial charge in [-0.1, -0.05) is 33.8 Å². The molecule has 4 rings (SSSR count). The maximum Gasteiger partial charge on any atom is 0.316 e. The Balaban J connectivity index is 1.57. The van der Waals surface area contributed by atoms with Gasteiger partial charge in [0.2, 0.25) is 5.91 Å². The van der Waals surface area contributed by atoms with E-state index >= 15 is 0 Å². The number of nitrogens with one attached hydrogen (secondary N) is 1. The molecule has 11 atom stereocenters. The van der Waals surface area contributed by atoms with E-state index in [0.717, 1.165) is 25.7 Å². The number of carbonyl (C=O) groups excluding carboxylic acids is 3. The zero-order chi connectivity index (χ0) is 28.0. The van der Waals surface area contributed by atoms with Gasteiger partial charge in [-0.15, -0.1) is 18.3 Å². The normalized spacial score (nSPS) is 46.9. The van der Waals surface area contributed by atoms with Crippen molar-refractivity contribution in [2.45, 2.75) is 116 Å². The number of aliphatic hydroxyl groups is 2. The number of aliphatic hydroxyl groups excluding tert-OH is 2. The van der Waals surface area contributed by atoms with E-state index < -0.39 is 29.1 Å². The first kappa shape index (κ1) is 29.6. The van der Waals surface area contributed by atoms with Crippen molar-refractivity contribution in [2.24, 2.45) is 34.0 Å². The number of ketones is 1. The van der Waals surface area contributed by atoms with E-state index in [1.807, 2.05) is 13.0 Å². The van der Waals surface area contributed by atoms with Gasteiger partial charge in [-0.05, 0) is 62.2 Å². The second-order valence-electron chi connectivity index (χ2n) is 13.2. The Morgan fingerprint density at radius 1 is 1.18 bits per heavy atom. The zero-order valence-corrected chi connectivity index (χ0v) is 24.5. The third-order valence-corrected chi connectivity index (χ3v) is 12.5. The molecule has 2 unspecified atom stereocenters. The summed E-state index contributed by atoms with van der Waals surface area (Å²) in [5, 5.41) is 25.0. The van der Waals surface area contributed by atoms with Crippen molar-refractivity contribution in [3.05, 3.63) is 12.7 Å². The second kappa shape index (κ2) is 10.9. The quantitative estimate of drug-likeness (QED) is 0.338. The molecular formula is C30H47NO6S. The van der Waals surface area contributed by atoms with Gasteiger partial charge in [0.05, 0.1) is 18.0 Å². The fraction of sp³-hybridized carbons (Fsp3) is 0.833. The molecule has 0 spiro atoms. The van der Waals surface area contributed by atoms with Crippen LogP contribution in [0.5, 0.6) is 0 Å². The number of rotatable bonds is 6. The predicted molar refractivity (Wildman–Crippen MR) is 148 cm³/mol. The van der Waals surface area contributed by atoms with Gasteiger partial charge in [0.1, 0.15) is 11.9 Å². The number of esters is 1. The highest BCUT2D eigenvalue weighted by Gasteiger charge is 2.68. The largest absolute Gasteiger partial charge is 0.461 e. The Bertz CT molecular complexity index is 957. The Labute approximate surface area is 231 Å². The van der Waals surface area contributed by atoms with Crippen LogP contribution in [0.25, 0.3) is 0 Å². The number of Topliss-reactive ketones (excluding diaryl/α,β-unsaturated/α-hetero) is 1. The molecule has 0 radical (unpaired) electrons. The third-order valence-electron chi connectivity index (χ3n) is 11.2. The van der Waals surface area contributed by atoms with Crippen molar-refractivity contribution in [1.82, 2.24) is 5.32 Å². The van der Waals surface area contributed by atoms with Crippen LogP contribution in [0, 0.1) is 34.0 Å². The minimum Gasteiger partial charge on any atom is -0.461 e. The standard InChI is InChI=1S/C30H47NO6S/c1-7-28(5)15-24(37-25(35)16-38-23-14-20(31-19(4)32)8-9-21(23)33)29(6)17(2)10-12-30(18(3)27(28)36)13-11-22(34)26(29)30/h7,17-18,20-21,23-24,26-27,33,36H,1,8-16H2,2-6H3,(H,31,32)/t17?,18-,20+,21+,23-,24+,26-,27-,28+,29-,30?/m0/s1. The SMILES string of the molecule is C=C[C@]1(C)C[C@@H](OC(=O)CS[C@H]2C[C@H](NC(C)=O)CC[C@H]2O)[C@]2(C)C(C)CCC3(CCC(=O)[C@H]32)[C@@H](C)[C@@H]1O. The van der Waals surface area contributed by atoms with Crippen LogP contribution < -0.4 is 5.32 Å². The molecule has 0 heterocycles. The van der Waals surface area contributed by atoms with Gasteiger partial charge >= 0.3 is 5.97 Å². The highest BCUT2D eigenvalue weighted by Crippen LogP contribution is 2.68. The summed E-state index contributed by atoms with van der Waals surface area (Å²) in [6, 6.07) is -0.00435. The lowest BCUT2D eigenvalue weighted by Crippen LogP contribution is -2.63. The van der Waals surface area contributed by atoms with Crippen LogP contribution in [0.1, 0.15) is 86.0 Å². The van der Waals surface area contributed by atoms with Crippen LogP contribution in [0.2, 0.25) is 0 Å². The molecular weight excluding hydrogens is 502 g/mol. The van der Waals surface area contributed by atoms with Crippen molar-refractivity contribution < 1.29 is 29.3 Å². The summed E-state index contributed by atoms with van der Waals surface area (Å²) in [6.45, 7) is 14.0. The Morgan fingerprint density at radius 2 is 1.89 bits per heavy atom. The summed E-state index contributed by atoms with van der Waals surface area (Å²) in [6.07, 6.45) is 5.49. The molecule has 8 heteroatoms. The van der Waals surface area contributed by atoms with E-state index in [4.69, 9.17) is 4.74 Å². The van der Waals surface area contributed by atoms with Crippen molar-refractivity contribution in [2.75, 3.05) is 5.75 Å². The average Bonchev–Trinajstić information content (AvgIpc) is 3.22. The van der Waals surface area contributed by atoms with Crippen LogP contribution in [0.15, 0.2) is 12.7 Å². The summed E-state index contributed by atoms with van der Waals surface area (Å²) in [5.74, 6) is -0.255. The second-order valence-corrected chi connectivity index (χ2v) is 14.4. The van der Waals surface area contributed by atoms with Gasteiger partial charge in [0.15, 0.2) is 0 Å². The van der Waals surface area contributed by atoms with Gasteiger partial charge < -0.3 is 20.3 Å². The molecule has 4 aliphatic rings. The Morgan fingerprint density at radius 3 is 2.55 bits per heavy atom. The van der Waals surface area contributed by atoms with Crippen molar-refractivity contribution in [3.63, 3.8) is 0 Å². The highest BCUT2D eigenvalue weighted by atomic mass is 32.2. The van der Waals surface area contributed by atoms with Crippen molar-refractivity contribution >= 4 is 29.4 Å². The first-order valence-electron chi connectivity index (χ1n) is 14.4. The lowest BCUT2D eigenvalue weighted by atomic mass is 9.44. The molecule has 4 fully saturated rings. The van der Waals surface area contributed by atoms with E-state index in [0.29, 0.717) is 25.7 Å². The Kier molecular flexibility index (Phi) is 8.48. The smallest absolute Gasteiger partial charge is 0.316 e. The van der Waals surface area contributed by atoms with Crippen LogP contribution >= 0.6 is 11.8 Å². The van der Waals surface area contributed by atoms with Gasteiger partial charge in [-0.2, -0.15) is 0 Å². The molecule has 0 aromatic carbocycles. The zero-order valence-electron chi connectivity index (χ0n) is 23.7. The number of hydrogen-bond acceptors (Lipinski definition) is 7. The molecule has 7 nitrogen and oxygen atoms in total. The lowest BCUT2D eigenvalue weighted by molar-refractivity contribution is -0.205. The summed E-state index contributed by atoms with van der Waals surface area (Å²) < 4.78 is 6.32. The minimum atomic E-state index is -0.690. The van der Waals surface area contributed by atoms with E-state index in [2.05, 4.69) is 32.7 Å². The molecule has 2 bridgehead atoms. The first-order chi connectivity index (χ1) is 17.8. The van der Waals surface area contributed by atoms with Crippen LogP contribution in [-0.4, -0.2) is 63.2 Å². The fourth-order valence-electron chi connectivity index (χ4n) is 8.58. The molecule has 38 heavy (non-hydrogen) atoms. The van der Waals surface area contributed by atoms with E-state index in [-0.39, 0.29) is 57.9 Å². The predicted octanol–water partition coefficient (Wildman–Crippen LogP) is 4.04. The monoisotopic (exact) mass is 549 g/mol. The van der Waals surface area contributed by atoms with E-state index in [9.17, 15) is 24.6 Å². The number of ether oxygens (including phenoxy) is 1. The van der Waals surface area contributed by atoms with Gasteiger partial charge in [-0.3, -0.25) is 14.4 Å². The summed E-state index contributed by atoms with van der Waals surface area (Å²) in [7, 11) is 0. The molecule has 0 aromatic heterocycles. The van der Waals surface area contributed by atoms with E-state index in [1.54, 1.807) is 0 Å². The van der Waals surface area contributed by atoms with Crippen molar-refractivity contribution in [3.8, 4) is 0 Å². The molecule has 4 saturated carbocycles. The number of amides is 1. The molecule has 0 aromatic rings. The number of hydrogen-bond donors (Lipinski definition) is 3. The summed E-state index contributed by atoms with van der Waals surface area (Å²) in [5.41, 5.74) is -1.50. The highest BCUT2D eigenvalue weighted by molar-refractivity contribution is 8.00. The van der Waals surface area contributed by atoms with Crippen LogP contribution in [-0.2, 0) is 19.1 Å². The first-order valence-corrected chi connectivity index (χ1v) is 15.4. The maximum absolute atomic E-state index is 13.5.